The van der Waals surface area contributed by atoms with Gasteiger partial charge >= 0.3 is 12.2 Å². The third-order valence-corrected chi connectivity index (χ3v) is 7.24. The second kappa shape index (κ2) is 7.86. The van der Waals surface area contributed by atoms with Crippen LogP contribution in [-0.2, 0) is 17.4 Å². The lowest BCUT2D eigenvalue weighted by atomic mass is 9.88. The van der Waals surface area contributed by atoms with Crippen molar-refractivity contribution in [3.05, 3.63) is 99.7 Å². The summed E-state index contributed by atoms with van der Waals surface area (Å²) in [6, 6.07) is 15.8. The number of fused-ring (bicyclic) bond motifs is 4. The molecule has 0 bridgehead atoms. The van der Waals surface area contributed by atoms with Crippen LogP contribution in [-0.4, -0.2) is 27.9 Å². The van der Waals surface area contributed by atoms with Crippen molar-refractivity contribution >= 4 is 40.1 Å². The number of urea groups is 1. The molecular formula is C27H19ClF3N3O2. The van der Waals surface area contributed by atoms with E-state index in [0.29, 0.717) is 0 Å². The van der Waals surface area contributed by atoms with E-state index in [1.165, 1.54) is 4.90 Å². The molecule has 0 spiro atoms. The summed E-state index contributed by atoms with van der Waals surface area (Å²) in [5, 5.41) is 0.834. The number of nitrogens with zero attached hydrogens (tertiary/aromatic N) is 2. The highest BCUT2D eigenvalue weighted by atomic mass is 35.5. The highest BCUT2D eigenvalue weighted by Gasteiger charge is 2.53. The van der Waals surface area contributed by atoms with Gasteiger partial charge in [-0.25, -0.2) is 9.69 Å². The van der Waals surface area contributed by atoms with Crippen LogP contribution in [0.2, 0.25) is 5.02 Å². The number of aromatic nitrogens is 1. The van der Waals surface area contributed by atoms with E-state index in [1.807, 2.05) is 55.5 Å². The Morgan fingerprint density at radius 3 is 2.53 bits per heavy atom. The first-order valence-corrected chi connectivity index (χ1v) is 11.7. The van der Waals surface area contributed by atoms with E-state index in [9.17, 15) is 22.8 Å². The maximum atomic E-state index is 13.8. The first kappa shape index (κ1) is 22.7. The molecule has 182 valence electrons. The zero-order chi connectivity index (χ0) is 25.4. The number of hydrogen-bond donors (Lipinski definition) is 1. The maximum absolute atomic E-state index is 13.8. The van der Waals surface area contributed by atoms with Crippen molar-refractivity contribution in [2.75, 3.05) is 4.90 Å². The summed E-state index contributed by atoms with van der Waals surface area (Å²) in [4.78, 5) is 33.2. The quantitative estimate of drug-likeness (QED) is 0.308. The molecule has 0 saturated carbocycles. The number of hydrogen-bond acceptors (Lipinski definition) is 2. The predicted octanol–water partition coefficient (Wildman–Crippen LogP) is 6.63. The molecule has 0 unspecified atom stereocenters. The number of imide groups is 1. The number of alkyl halides is 3. The van der Waals surface area contributed by atoms with E-state index in [2.05, 4.69) is 4.98 Å². The van der Waals surface area contributed by atoms with Crippen LogP contribution >= 0.6 is 11.6 Å². The zero-order valence-electron chi connectivity index (χ0n) is 18.9. The fraction of sp³-hybridized carbons (Fsp3) is 0.185. The summed E-state index contributed by atoms with van der Waals surface area (Å²) in [6.45, 7) is 1.93. The average molecular weight is 510 g/mol. The summed E-state index contributed by atoms with van der Waals surface area (Å²) in [5.41, 5.74) is 3.10. The van der Waals surface area contributed by atoms with Crippen molar-refractivity contribution < 1.29 is 22.8 Å². The first-order valence-electron chi connectivity index (χ1n) is 11.3. The number of benzene rings is 3. The van der Waals surface area contributed by atoms with Gasteiger partial charge in [-0.15, -0.1) is 0 Å². The third-order valence-electron chi connectivity index (χ3n) is 6.92. The molecule has 2 aliphatic rings. The molecule has 6 rings (SSSR count). The van der Waals surface area contributed by atoms with Gasteiger partial charge in [-0.05, 0) is 42.3 Å². The van der Waals surface area contributed by atoms with Crippen molar-refractivity contribution in [1.29, 1.82) is 0 Å². The highest BCUT2D eigenvalue weighted by Crippen LogP contribution is 2.46. The molecule has 4 aromatic rings. The lowest BCUT2D eigenvalue weighted by Gasteiger charge is -2.36. The number of nitrogens with one attached hydrogen (secondary N) is 1. The molecule has 1 saturated heterocycles. The number of carbonyl (C=O) groups is 2. The van der Waals surface area contributed by atoms with E-state index in [1.54, 1.807) is 0 Å². The molecule has 3 heterocycles. The second-order valence-corrected chi connectivity index (χ2v) is 9.53. The van der Waals surface area contributed by atoms with E-state index < -0.39 is 35.8 Å². The van der Waals surface area contributed by atoms with Crippen molar-refractivity contribution in [2.45, 2.75) is 31.6 Å². The Hall–Kier alpha value is -3.78. The summed E-state index contributed by atoms with van der Waals surface area (Å²) < 4.78 is 40.3. The number of aryl methyl sites for hydroxylation is 1. The number of amides is 3. The molecule has 0 aliphatic carbocycles. The Morgan fingerprint density at radius 1 is 1.00 bits per heavy atom. The minimum absolute atomic E-state index is 0.111. The van der Waals surface area contributed by atoms with Gasteiger partial charge in [0.2, 0.25) is 0 Å². The van der Waals surface area contributed by atoms with E-state index >= 15 is 0 Å². The Morgan fingerprint density at radius 2 is 1.78 bits per heavy atom. The highest BCUT2D eigenvalue weighted by molar-refractivity contribution is 6.36. The number of aromatic amines is 1. The second-order valence-electron chi connectivity index (χ2n) is 9.13. The van der Waals surface area contributed by atoms with Gasteiger partial charge in [-0.3, -0.25) is 9.69 Å². The Labute approximate surface area is 209 Å². The Bertz CT molecular complexity index is 1560. The van der Waals surface area contributed by atoms with Crippen molar-refractivity contribution in [3.63, 3.8) is 0 Å². The standard InChI is InChI=1S/C27H19ClF3N3O2/c1-14-5-4-6-15(11-14)24-23-18(17-7-2-3-8-20(17)32-23)13-22-25(35)34(26(36)33(22)24)21-12-16(27(29,30)31)9-10-19(21)28/h2-12,22,24,32H,13H2,1H3/t22-,24-/m0/s1. The summed E-state index contributed by atoms with van der Waals surface area (Å²) in [5.74, 6) is -0.602. The van der Waals surface area contributed by atoms with Crippen LogP contribution in [0.5, 0.6) is 0 Å². The topological polar surface area (TPSA) is 56.4 Å². The van der Waals surface area contributed by atoms with Crippen LogP contribution in [0.1, 0.15) is 34.0 Å². The number of para-hydroxylation sites is 1. The van der Waals surface area contributed by atoms with E-state index in [-0.39, 0.29) is 17.1 Å². The number of rotatable bonds is 2. The Balaban J connectivity index is 1.54. The van der Waals surface area contributed by atoms with Gasteiger partial charge < -0.3 is 4.98 Å². The molecule has 1 N–H and O–H groups in total. The molecule has 36 heavy (non-hydrogen) atoms. The minimum Gasteiger partial charge on any atom is -0.356 e. The lowest BCUT2D eigenvalue weighted by Crippen LogP contribution is -2.44. The molecule has 9 heteroatoms. The average Bonchev–Trinajstić information content (AvgIpc) is 3.32. The van der Waals surface area contributed by atoms with Crippen LogP contribution in [0.4, 0.5) is 23.7 Å². The van der Waals surface area contributed by atoms with Gasteiger partial charge in [0.05, 0.1) is 16.3 Å². The largest absolute Gasteiger partial charge is 0.416 e. The molecule has 1 aromatic heterocycles. The van der Waals surface area contributed by atoms with E-state index in [4.69, 9.17) is 11.6 Å². The third kappa shape index (κ3) is 3.32. The van der Waals surface area contributed by atoms with Gasteiger partial charge in [-0.1, -0.05) is 59.6 Å². The maximum Gasteiger partial charge on any atom is 0.416 e. The number of halogens is 4. The lowest BCUT2D eigenvalue weighted by molar-refractivity contribution is -0.137. The molecule has 2 atom stereocenters. The monoisotopic (exact) mass is 509 g/mol. The normalized spacial score (nSPS) is 19.7. The van der Waals surface area contributed by atoms with Gasteiger partial charge in [0.1, 0.15) is 12.1 Å². The van der Waals surface area contributed by atoms with Crippen LogP contribution in [0.25, 0.3) is 10.9 Å². The molecule has 3 amide bonds. The van der Waals surface area contributed by atoms with Gasteiger partial charge in [0.15, 0.2) is 0 Å². The van der Waals surface area contributed by atoms with Gasteiger partial charge in [0, 0.05) is 23.0 Å². The molecule has 2 aliphatic heterocycles. The van der Waals surface area contributed by atoms with Crippen molar-refractivity contribution in [2.24, 2.45) is 0 Å². The van der Waals surface area contributed by atoms with Crippen molar-refractivity contribution in [1.82, 2.24) is 9.88 Å². The van der Waals surface area contributed by atoms with E-state index in [0.717, 1.165) is 56.4 Å². The fourth-order valence-electron chi connectivity index (χ4n) is 5.34. The molecule has 3 aromatic carbocycles. The van der Waals surface area contributed by atoms with Crippen LogP contribution in [0, 0.1) is 6.92 Å². The summed E-state index contributed by atoms with van der Waals surface area (Å²) >= 11 is 6.24. The van der Waals surface area contributed by atoms with Crippen LogP contribution in [0.15, 0.2) is 66.7 Å². The number of anilines is 1. The predicted molar refractivity (Wildman–Crippen MR) is 130 cm³/mol. The minimum atomic E-state index is -4.65. The Kier molecular flexibility index (Phi) is 4.95. The van der Waals surface area contributed by atoms with Gasteiger partial charge in [0.25, 0.3) is 5.91 Å². The molecule has 0 radical (unpaired) electrons. The van der Waals surface area contributed by atoms with Crippen molar-refractivity contribution in [3.8, 4) is 0 Å². The smallest absolute Gasteiger partial charge is 0.356 e. The molecule has 5 nitrogen and oxygen atoms in total. The van der Waals surface area contributed by atoms with Crippen LogP contribution in [0.3, 0.4) is 0 Å². The summed E-state index contributed by atoms with van der Waals surface area (Å²) in [6.07, 6.45) is -4.42. The first-order chi connectivity index (χ1) is 17.1. The number of carbonyl (C=O) groups excluding carboxylic acids is 2. The zero-order valence-corrected chi connectivity index (χ0v) is 19.7. The summed E-state index contributed by atoms with van der Waals surface area (Å²) in [7, 11) is 0. The SMILES string of the molecule is Cc1cccc([C@H]2c3[nH]c4ccccc4c3C[C@H]3C(=O)N(c4cc(C(F)(F)F)ccc4Cl)C(=O)N23)c1. The van der Waals surface area contributed by atoms with Gasteiger partial charge in [-0.2, -0.15) is 13.2 Å². The number of H-pyrrole nitrogens is 1. The molecular weight excluding hydrogens is 491 g/mol. The molecule has 1 fully saturated rings. The fourth-order valence-corrected chi connectivity index (χ4v) is 5.55. The van der Waals surface area contributed by atoms with Crippen LogP contribution < -0.4 is 4.90 Å².